The van der Waals surface area contributed by atoms with Crippen molar-refractivity contribution >= 4 is 73.9 Å². The SMILES string of the molecule is N#C/C(=C\C1CC1)C(=O)N1CCCC(=NC(=O)c2sc3nccc4c3c2NC(=O)N4c2ccc(C(=O)Nc3cc(C(F)(F)F)ccn3)cc2F)C1. The van der Waals surface area contributed by atoms with Crippen LogP contribution in [-0.2, 0) is 11.0 Å². The molecule has 258 valence electrons. The van der Waals surface area contributed by atoms with Crippen LogP contribution in [0.25, 0.3) is 10.2 Å². The first-order chi connectivity index (χ1) is 24.4. The molecule has 1 saturated heterocycles. The zero-order valence-corrected chi connectivity index (χ0v) is 27.1. The molecule has 4 aromatic rings. The van der Waals surface area contributed by atoms with E-state index in [1.54, 1.807) is 6.08 Å². The Morgan fingerprint density at radius 3 is 2.61 bits per heavy atom. The van der Waals surface area contributed by atoms with Crippen LogP contribution in [0.4, 0.5) is 45.2 Å². The van der Waals surface area contributed by atoms with Crippen molar-refractivity contribution in [3.8, 4) is 6.07 Å². The molecule has 7 rings (SSSR count). The molecule has 3 aromatic heterocycles. The minimum absolute atomic E-state index is 0.0713. The van der Waals surface area contributed by atoms with E-state index in [1.165, 1.54) is 29.3 Å². The number of urea groups is 1. The summed E-state index contributed by atoms with van der Waals surface area (Å²) in [5, 5.41) is 14.7. The molecular formula is C34H24F4N8O4S. The summed E-state index contributed by atoms with van der Waals surface area (Å²) in [4.78, 5) is 68.1. The lowest BCUT2D eigenvalue weighted by molar-refractivity contribution is -0.137. The van der Waals surface area contributed by atoms with Crippen molar-refractivity contribution in [3.05, 3.63) is 82.3 Å². The molecule has 2 aliphatic heterocycles. The highest BCUT2D eigenvalue weighted by Gasteiger charge is 2.35. The molecular weight excluding hydrogens is 692 g/mol. The number of likely N-dealkylation sites (tertiary alicyclic amines) is 1. The number of halogens is 4. The first kappa shape index (κ1) is 33.5. The number of nitrogens with zero attached hydrogens (tertiary/aromatic N) is 6. The number of thiophene rings is 1. The summed E-state index contributed by atoms with van der Waals surface area (Å²) in [5.74, 6) is -3.16. The minimum atomic E-state index is -4.66. The van der Waals surface area contributed by atoms with E-state index in [4.69, 9.17) is 0 Å². The van der Waals surface area contributed by atoms with Gasteiger partial charge in [-0.1, -0.05) is 6.08 Å². The Morgan fingerprint density at radius 2 is 1.88 bits per heavy atom. The number of aliphatic imine (C=N–C) groups is 1. The standard InChI is InChI=1S/C34H24F4N8O4S/c35-22-13-18(29(47)43-25-14-20(7-9-40-25)34(36,37)38)5-6-23(22)46-24-8-10-41-31-26(24)27(44-33(46)50)28(51-31)30(48)42-21-2-1-11-45(16-21)32(49)19(15-39)12-17-3-4-17/h5-10,12-14,17H,1-4,11,16H2,(H,44,50)(H,40,43,47)/b19-12+,42-21?. The Bertz CT molecular complexity index is 2260. The summed E-state index contributed by atoms with van der Waals surface area (Å²) < 4.78 is 54.8. The monoisotopic (exact) mass is 716 g/mol. The maximum Gasteiger partial charge on any atom is 0.416 e. The smallest absolute Gasteiger partial charge is 0.332 e. The number of anilines is 4. The van der Waals surface area contributed by atoms with Crippen molar-refractivity contribution < 1.29 is 36.7 Å². The summed E-state index contributed by atoms with van der Waals surface area (Å²) in [6.07, 6.45) is 2.18. The third-order valence-electron chi connectivity index (χ3n) is 8.41. The van der Waals surface area contributed by atoms with Crippen LogP contribution in [0.15, 0.2) is 65.4 Å². The highest BCUT2D eigenvalue weighted by atomic mass is 32.1. The lowest BCUT2D eigenvalue weighted by atomic mass is 10.1. The second-order valence-electron chi connectivity index (χ2n) is 12.0. The summed E-state index contributed by atoms with van der Waals surface area (Å²) in [5.41, 5.74) is -0.668. The van der Waals surface area contributed by atoms with Gasteiger partial charge in [-0.2, -0.15) is 18.4 Å². The van der Waals surface area contributed by atoms with Crippen LogP contribution in [0.1, 0.15) is 51.3 Å². The van der Waals surface area contributed by atoms with Gasteiger partial charge in [-0.15, -0.1) is 11.3 Å². The molecule has 17 heteroatoms. The number of hydrogen-bond donors (Lipinski definition) is 2. The van der Waals surface area contributed by atoms with Crippen LogP contribution in [-0.4, -0.2) is 57.4 Å². The van der Waals surface area contributed by atoms with E-state index in [2.05, 4.69) is 25.6 Å². The lowest BCUT2D eigenvalue weighted by Crippen LogP contribution is -2.41. The number of rotatable bonds is 6. The van der Waals surface area contributed by atoms with Crippen molar-refractivity contribution in [3.63, 3.8) is 0 Å². The highest BCUT2D eigenvalue weighted by molar-refractivity contribution is 7.21. The first-order valence-corrected chi connectivity index (χ1v) is 16.4. The number of amides is 5. The van der Waals surface area contributed by atoms with Gasteiger partial charge in [-0.05, 0) is 68.0 Å². The van der Waals surface area contributed by atoms with Crippen LogP contribution in [0.2, 0.25) is 0 Å². The Morgan fingerprint density at radius 1 is 1.10 bits per heavy atom. The summed E-state index contributed by atoms with van der Waals surface area (Å²) >= 11 is 0.977. The van der Waals surface area contributed by atoms with Gasteiger partial charge in [0.15, 0.2) is 0 Å². The first-order valence-electron chi connectivity index (χ1n) is 15.6. The number of carbonyl (C=O) groups is 4. The van der Waals surface area contributed by atoms with Gasteiger partial charge in [-0.25, -0.2) is 24.1 Å². The van der Waals surface area contributed by atoms with Gasteiger partial charge in [0.2, 0.25) is 0 Å². The molecule has 0 spiro atoms. The number of nitriles is 1. The van der Waals surface area contributed by atoms with Gasteiger partial charge in [0.25, 0.3) is 17.7 Å². The van der Waals surface area contributed by atoms with Gasteiger partial charge in [0.1, 0.15) is 33.0 Å². The maximum atomic E-state index is 15.6. The zero-order chi connectivity index (χ0) is 36.0. The molecule has 3 aliphatic rings. The van der Waals surface area contributed by atoms with E-state index >= 15 is 4.39 Å². The van der Waals surface area contributed by atoms with E-state index in [-0.39, 0.29) is 45.5 Å². The molecule has 5 heterocycles. The zero-order valence-electron chi connectivity index (χ0n) is 26.3. The molecule has 0 unspecified atom stereocenters. The average Bonchev–Trinajstić information content (AvgIpc) is 3.86. The van der Waals surface area contributed by atoms with Crippen molar-refractivity contribution in [1.29, 1.82) is 5.26 Å². The number of allylic oxidation sites excluding steroid dienone is 1. The molecule has 51 heavy (non-hydrogen) atoms. The Labute approximate surface area is 290 Å². The number of benzene rings is 1. The van der Waals surface area contributed by atoms with Gasteiger partial charge >= 0.3 is 12.2 Å². The van der Waals surface area contributed by atoms with Crippen LogP contribution in [0.3, 0.4) is 0 Å². The van der Waals surface area contributed by atoms with E-state index in [9.17, 15) is 37.6 Å². The third-order valence-corrected chi connectivity index (χ3v) is 9.49. The number of hydrogen-bond acceptors (Lipinski definition) is 8. The predicted octanol–water partition coefficient (Wildman–Crippen LogP) is 6.85. The molecule has 0 radical (unpaired) electrons. The summed E-state index contributed by atoms with van der Waals surface area (Å²) in [6, 6.07) is 7.19. The quantitative estimate of drug-likeness (QED) is 0.125. The van der Waals surface area contributed by atoms with Gasteiger partial charge in [-0.3, -0.25) is 19.3 Å². The minimum Gasteiger partial charge on any atom is -0.332 e. The highest BCUT2D eigenvalue weighted by Crippen LogP contribution is 2.46. The molecule has 1 aliphatic carbocycles. The van der Waals surface area contributed by atoms with Gasteiger partial charge < -0.3 is 15.5 Å². The van der Waals surface area contributed by atoms with Crippen molar-refractivity contribution in [2.75, 3.05) is 28.6 Å². The second kappa shape index (κ2) is 13.0. The van der Waals surface area contributed by atoms with Crippen molar-refractivity contribution in [2.45, 2.75) is 31.9 Å². The molecule has 1 saturated carbocycles. The molecule has 2 fully saturated rings. The van der Waals surface area contributed by atoms with Crippen LogP contribution >= 0.6 is 11.3 Å². The van der Waals surface area contributed by atoms with Gasteiger partial charge in [0.05, 0.1) is 34.6 Å². The van der Waals surface area contributed by atoms with E-state index < -0.39 is 47.1 Å². The molecule has 0 atom stereocenters. The van der Waals surface area contributed by atoms with E-state index in [0.717, 1.165) is 47.4 Å². The topological polar surface area (TPSA) is 161 Å². The molecule has 1 aromatic carbocycles. The molecule has 5 amide bonds. The number of aromatic nitrogens is 2. The number of pyridine rings is 2. The summed E-state index contributed by atoms with van der Waals surface area (Å²) in [7, 11) is 0. The van der Waals surface area contributed by atoms with Crippen molar-refractivity contribution in [2.24, 2.45) is 10.9 Å². The summed E-state index contributed by atoms with van der Waals surface area (Å²) in [6.45, 7) is 0.486. The van der Waals surface area contributed by atoms with Gasteiger partial charge in [0, 0.05) is 30.2 Å². The number of nitrogens with one attached hydrogen (secondary N) is 2. The second-order valence-corrected chi connectivity index (χ2v) is 13.0. The van der Waals surface area contributed by atoms with Crippen LogP contribution in [0, 0.1) is 23.1 Å². The largest absolute Gasteiger partial charge is 0.416 e. The predicted molar refractivity (Wildman–Crippen MR) is 178 cm³/mol. The van der Waals surface area contributed by atoms with E-state index in [1.807, 2.05) is 6.07 Å². The lowest BCUT2D eigenvalue weighted by Gasteiger charge is -2.29. The fourth-order valence-electron chi connectivity index (χ4n) is 5.80. The fraction of sp³-hybridized carbons (Fsp3) is 0.235. The molecule has 12 nitrogen and oxygen atoms in total. The van der Waals surface area contributed by atoms with Crippen LogP contribution in [0.5, 0.6) is 0 Å². The van der Waals surface area contributed by atoms with Crippen molar-refractivity contribution in [1.82, 2.24) is 14.9 Å². The number of alkyl halides is 3. The van der Waals surface area contributed by atoms with Crippen LogP contribution < -0.4 is 15.5 Å². The van der Waals surface area contributed by atoms with E-state index in [0.29, 0.717) is 41.4 Å². The third kappa shape index (κ3) is 6.65. The number of carbonyl (C=O) groups excluding carboxylic acids is 4. The Balaban J connectivity index is 1.13. The Kier molecular flexibility index (Phi) is 8.55. The molecule has 2 N–H and O–H groups in total. The number of piperidine rings is 1. The normalized spacial score (nSPS) is 17.0. The fourth-order valence-corrected chi connectivity index (χ4v) is 6.81. The maximum absolute atomic E-state index is 15.6. The average molecular weight is 717 g/mol. The Hall–Kier alpha value is -6.02. The molecule has 0 bridgehead atoms.